The third-order valence-corrected chi connectivity index (χ3v) is 4.82. The van der Waals surface area contributed by atoms with Crippen LogP contribution >= 0.6 is 39.5 Å². The topological polar surface area (TPSA) is 33.6 Å². The quantitative estimate of drug-likeness (QED) is 0.677. The maximum absolute atomic E-state index is 5.34. The highest BCUT2D eigenvalue weighted by Gasteiger charge is 2.12. The molecule has 2 aromatic heterocycles. The molecule has 0 radical (unpaired) electrons. The van der Waals surface area contributed by atoms with Crippen molar-refractivity contribution in [2.45, 2.75) is 6.92 Å². The summed E-state index contributed by atoms with van der Waals surface area (Å²) in [5.41, 5.74) is 2.19. The molecule has 0 bridgehead atoms. The molecule has 0 spiro atoms. The van der Waals surface area contributed by atoms with E-state index in [9.17, 15) is 0 Å². The van der Waals surface area contributed by atoms with Gasteiger partial charge in [-0.15, -0.1) is 11.3 Å². The Bertz CT molecular complexity index is 772. The van der Waals surface area contributed by atoms with Crippen molar-refractivity contribution in [1.82, 2.24) is 14.8 Å². The Morgan fingerprint density at radius 3 is 2.89 bits per heavy atom. The van der Waals surface area contributed by atoms with Gasteiger partial charge in [0.2, 0.25) is 0 Å². The van der Waals surface area contributed by atoms with Crippen molar-refractivity contribution in [3.63, 3.8) is 0 Å². The van der Waals surface area contributed by atoms with Gasteiger partial charge in [0.05, 0.1) is 10.6 Å². The number of rotatable bonds is 2. The number of nitrogens with zero attached hydrogens (tertiary/aromatic N) is 2. The van der Waals surface area contributed by atoms with Gasteiger partial charge in [0, 0.05) is 4.47 Å². The van der Waals surface area contributed by atoms with E-state index in [0.29, 0.717) is 4.77 Å². The van der Waals surface area contributed by atoms with E-state index in [1.54, 1.807) is 11.3 Å². The monoisotopic (exact) mass is 351 g/mol. The van der Waals surface area contributed by atoms with Crippen LogP contribution < -0.4 is 0 Å². The number of aromatic amines is 1. The molecule has 6 heteroatoms. The number of hydrogen-bond donors (Lipinski definition) is 1. The second kappa shape index (κ2) is 5.03. The van der Waals surface area contributed by atoms with E-state index in [1.165, 1.54) is 5.56 Å². The van der Waals surface area contributed by atoms with Crippen LogP contribution in [0.15, 0.2) is 40.2 Å². The SMILES string of the molecule is Cc1ccc(-n2c(-c3cccs3)n[nH]c2=S)cc1Br. The molecule has 0 amide bonds. The average molecular weight is 352 g/mol. The minimum Gasteiger partial charge on any atom is -0.267 e. The summed E-state index contributed by atoms with van der Waals surface area (Å²) >= 11 is 10.5. The fourth-order valence-corrected chi connectivity index (χ4v) is 3.14. The molecular weight excluding hydrogens is 342 g/mol. The smallest absolute Gasteiger partial charge is 0.200 e. The van der Waals surface area contributed by atoms with Gasteiger partial charge in [0.1, 0.15) is 0 Å². The summed E-state index contributed by atoms with van der Waals surface area (Å²) in [6.07, 6.45) is 0. The van der Waals surface area contributed by atoms with Crippen molar-refractivity contribution in [2.75, 3.05) is 0 Å². The molecular formula is C13H10BrN3S2. The van der Waals surface area contributed by atoms with E-state index in [4.69, 9.17) is 12.2 Å². The van der Waals surface area contributed by atoms with Gasteiger partial charge < -0.3 is 0 Å². The Kier molecular flexibility index (Phi) is 3.38. The summed E-state index contributed by atoms with van der Waals surface area (Å²) in [7, 11) is 0. The minimum absolute atomic E-state index is 0.596. The first-order valence-corrected chi connectivity index (χ1v) is 7.73. The summed E-state index contributed by atoms with van der Waals surface area (Å²) in [4.78, 5) is 1.09. The lowest BCUT2D eigenvalue weighted by Crippen LogP contribution is -1.97. The lowest BCUT2D eigenvalue weighted by atomic mass is 10.2. The molecule has 0 saturated carbocycles. The van der Waals surface area contributed by atoms with Gasteiger partial charge in [-0.2, -0.15) is 5.10 Å². The molecule has 0 saturated heterocycles. The van der Waals surface area contributed by atoms with E-state index >= 15 is 0 Å². The van der Waals surface area contributed by atoms with Gasteiger partial charge in [-0.3, -0.25) is 9.67 Å². The normalized spacial score (nSPS) is 10.8. The number of nitrogens with one attached hydrogen (secondary N) is 1. The van der Waals surface area contributed by atoms with Crippen LogP contribution in [-0.4, -0.2) is 14.8 Å². The summed E-state index contributed by atoms with van der Waals surface area (Å²) in [5, 5.41) is 9.22. The number of hydrogen-bond acceptors (Lipinski definition) is 3. The van der Waals surface area contributed by atoms with Crippen molar-refractivity contribution in [3.05, 3.63) is 50.5 Å². The highest BCUT2D eigenvalue weighted by molar-refractivity contribution is 9.10. The second-order valence-corrected chi connectivity index (χ2v) is 6.29. The maximum Gasteiger partial charge on any atom is 0.200 e. The van der Waals surface area contributed by atoms with Crippen LogP contribution in [0.5, 0.6) is 0 Å². The van der Waals surface area contributed by atoms with E-state index in [0.717, 1.165) is 20.9 Å². The Labute approximate surface area is 128 Å². The average Bonchev–Trinajstić information content (AvgIpc) is 3.01. The molecule has 2 heterocycles. The second-order valence-electron chi connectivity index (χ2n) is 4.10. The predicted molar refractivity (Wildman–Crippen MR) is 84.5 cm³/mol. The van der Waals surface area contributed by atoms with Gasteiger partial charge in [0.15, 0.2) is 10.6 Å². The zero-order chi connectivity index (χ0) is 13.4. The Morgan fingerprint density at radius 1 is 1.37 bits per heavy atom. The molecule has 0 aliphatic heterocycles. The van der Waals surface area contributed by atoms with Crippen LogP contribution in [-0.2, 0) is 0 Å². The molecule has 0 atom stereocenters. The van der Waals surface area contributed by atoms with Crippen molar-refractivity contribution in [2.24, 2.45) is 0 Å². The summed E-state index contributed by atoms with van der Waals surface area (Å²) < 4.78 is 3.61. The largest absolute Gasteiger partial charge is 0.267 e. The Hall–Kier alpha value is -1.24. The van der Waals surface area contributed by atoms with Crippen molar-refractivity contribution < 1.29 is 0 Å². The Balaban J connectivity index is 2.22. The first kappa shape index (κ1) is 12.8. The fourth-order valence-electron chi connectivity index (χ4n) is 1.83. The summed E-state index contributed by atoms with van der Waals surface area (Å²) in [6.45, 7) is 2.06. The maximum atomic E-state index is 5.34. The van der Waals surface area contributed by atoms with E-state index in [-0.39, 0.29) is 0 Å². The molecule has 3 rings (SSSR count). The fraction of sp³-hybridized carbons (Fsp3) is 0.0769. The molecule has 0 fully saturated rings. The first-order chi connectivity index (χ1) is 9.16. The standard InChI is InChI=1S/C13H10BrN3S2/c1-8-4-5-9(7-10(8)14)17-12(15-16-13(17)18)11-3-2-6-19-11/h2-7H,1H3,(H,16,18). The van der Waals surface area contributed by atoms with Crippen molar-refractivity contribution in [3.8, 4) is 16.4 Å². The summed E-state index contributed by atoms with van der Waals surface area (Å²) in [5.74, 6) is 0.843. The van der Waals surface area contributed by atoms with Gasteiger partial charge >= 0.3 is 0 Å². The van der Waals surface area contributed by atoms with Crippen LogP contribution in [0.1, 0.15) is 5.56 Å². The molecule has 1 N–H and O–H groups in total. The highest BCUT2D eigenvalue weighted by atomic mass is 79.9. The number of thiophene rings is 1. The zero-order valence-corrected chi connectivity index (χ0v) is 13.3. The number of aromatic nitrogens is 3. The zero-order valence-electron chi connectivity index (χ0n) is 10.1. The molecule has 19 heavy (non-hydrogen) atoms. The third kappa shape index (κ3) is 2.31. The minimum atomic E-state index is 0.596. The van der Waals surface area contributed by atoms with Gasteiger partial charge in [-0.1, -0.05) is 28.1 Å². The summed E-state index contributed by atoms with van der Waals surface area (Å²) in [6, 6.07) is 10.2. The van der Waals surface area contributed by atoms with Gasteiger partial charge in [-0.25, -0.2) is 0 Å². The van der Waals surface area contributed by atoms with Gasteiger partial charge in [0.25, 0.3) is 0 Å². The number of aryl methyl sites for hydroxylation is 1. The first-order valence-electron chi connectivity index (χ1n) is 5.64. The van der Waals surface area contributed by atoms with Crippen molar-refractivity contribution in [1.29, 1.82) is 0 Å². The highest BCUT2D eigenvalue weighted by Crippen LogP contribution is 2.27. The predicted octanol–water partition coefficient (Wildman–Crippen LogP) is 4.73. The molecule has 0 aliphatic carbocycles. The number of halogens is 1. The molecule has 0 unspecified atom stereocenters. The lowest BCUT2D eigenvalue weighted by Gasteiger charge is -2.07. The molecule has 3 nitrogen and oxygen atoms in total. The Morgan fingerprint density at radius 2 is 2.21 bits per heavy atom. The van der Waals surface area contributed by atoms with Crippen LogP contribution in [0, 0.1) is 11.7 Å². The van der Waals surface area contributed by atoms with Crippen LogP contribution in [0.2, 0.25) is 0 Å². The lowest BCUT2D eigenvalue weighted by molar-refractivity contribution is 1.03. The molecule has 3 aromatic rings. The van der Waals surface area contributed by atoms with Crippen LogP contribution in [0.4, 0.5) is 0 Å². The van der Waals surface area contributed by atoms with Crippen LogP contribution in [0.3, 0.4) is 0 Å². The van der Waals surface area contributed by atoms with E-state index in [2.05, 4.69) is 45.2 Å². The van der Waals surface area contributed by atoms with E-state index < -0.39 is 0 Å². The number of benzene rings is 1. The molecule has 1 aromatic carbocycles. The molecule has 0 aliphatic rings. The number of H-pyrrole nitrogens is 1. The van der Waals surface area contributed by atoms with E-state index in [1.807, 2.05) is 28.1 Å². The third-order valence-electron chi connectivity index (χ3n) is 2.83. The van der Waals surface area contributed by atoms with Crippen molar-refractivity contribution >= 4 is 39.5 Å². The molecule has 96 valence electrons. The van der Waals surface area contributed by atoms with Gasteiger partial charge in [-0.05, 0) is 48.3 Å². The van der Waals surface area contributed by atoms with Crippen LogP contribution in [0.25, 0.3) is 16.4 Å².